The number of halogens is 1. The number of methoxy groups -OCH3 is 1. The number of hydrogen-bond acceptors (Lipinski definition) is 4. The fourth-order valence-corrected chi connectivity index (χ4v) is 4.99. The molecule has 0 saturated carbocycles. The average molecular weight is 463 g/mol. The van der Waals surface area contributed by atoms with Crippen LogP contribution >= 0.6 is 22.9 Å². The fourth-order valence-electron chi connectivity index (χ4n) is 3.97. The topological polar surface area (TPSA) is 49.9 Å². The van der Waals surface area contributed by atoms with Crippen LogP contribution in [0.25, 0.3) is 0 Å². The Morgan fingerprint density at radius 3 is 2.68 bits per heavy atom. The molecule has 1 aromatic heterocycles. The zero-order valence-electron chi connectivity index (χ0n) is 18.5. The predicted octanol–water partition coefficient (Wildman–Crippen LogP) is 4.35. The summed E-state index contributed by atoms with van der Waals surface area (Å²) in [6.07, 6.45) is 1.51. The van der Waals surface area contributed by atoms with Gasteiger partial charge < -0.3 is 14.5 Å². The maximum atomic E-state index is 13.5. The van der Waals surface area contributed by atoms with Crippen molar-refractivity contribution in [3.8, 4) is 0 Å². The normalized spacial score (nSPS) is 16.1. The van der Waals surface area contributed by atoms with Gasteiger partial charge >= 0.3 is 0 Å². The molecule has 168 valence electrons. The number of alkyl halides is 1. The minimum absolute atomic E-state index is 0.0400. The van der Waals surface area contributed by atoms with Crippen LogP contribution in [0.5, 0.6) is 0 Å². The van der Waals surface area contributed by atoms with E-state index >= 15 is 0 Å². The van der Waals surface area contributed by atoms with Crippen molar-refractivity contribution in [3.63, 3.8) is 0 Å². The molecule has 3 rings (SSSR count). The lowest BCUT2D eigenvalue weighted by atomic mass is 9.92. The van der Waals surface area contributed by atoms with E-state index in [9.17, 15) is 9.59 Å². The van der Waals surface area contributed by atoms with Gasteiger partial charge in [0.1, 0.15) is 0 Å². The molecule has 1 aromatic carbocycles. The Labute approximate surface area is 193 Å². The van der Waals surface area contributed by atoms with Gasteiger partial charge in [0.05, 0.1) is 18.0 Å². The SMILES string of the molecule is COCCCN(CC(=O)N1CCc2sccc2C1c1ccccc1)C(=O)C(C)(C)CCl. The third-order valence-electron chi connectivity index (χ3n) is 5.70. The Hall–Kier alpha value is -1.89. The molecule has 2 heterocycles. The average Bonchev–Trinajstić information content (AvgIpc) is 3.26. The monoisotopic (exact) mass is 462 g/mol. The lowest BCUT2D eigenvalue weighted by molar-refractivity contribution is -0.146. The van der Waals surface area contributed by atoms with Crippen molar-refractivity contribution in [2.75, 3.05) is 39.2 Å². The smallest absolute Gasteiger partial charge is 0.242 e. The van der Waals surface area contributed by atoms with E-state index in [4.69, 9.17) is 16.3 Å². The first-order chi connectivity index (χ1) is 14.9. The number of amides is 2. The van der Waals surface area contributed by atoms with Gasteiger partial charge in [-0.3, -0.25) is 9.59 Å². The van der Waals surface area contributed by atoms with Crippen molar-refractivity contribution in [1.29, 1.82) is 0 Å². The van der Waals surface area contributed by atoms with E-state index in [0.717, 1.165) is 12.0 Å². The summed E-state index contributed by atoms with van der Waals surface area (Å²) >= 11 is 7.80. The molecule has 0 fully saturated rings. The number of benzene rings is 1. The Morgan fingerprint density at radius 2 is 2.00 bits per heavy atom. The molecule has 1 atom stereocenters. The van der Waals surface area contributed by atoms with Crippen LogP contribution in [0.2, 0.25) is 0 Å². The largest absolute Gasteiger partial charge is 0.385 e. The minimum Gasteiger partial charge on any atom is -0.385 e. The molecule has 0 saturated heterocycles. The van der Waals surface area contributed by atoms with Crippen LogP contribution in [0.15, 0.2) is 41.8 Å². The summed E-state index contributed by atoms with van der Waals surface area (Å²) in [7, 11) is 1.64. The van der Waals surface area contributed by atoms with Crippen molar-refractivity contribution in [1.82, 2.24) is 9.80 Å². The van der Waals surface area contributed by atoms with Crippen LogP contribution in [0.3, 0.4) is 0 Å². The molecule has 1 aliphatic rings. The highest BCUT2D eigenvalue weighted by Crippen LogP contribution is 2.37. The molecule has 0 bridgehead atoms. The number of rotatable bonds is 9. The fraction of sp³-hybridized carbons (Fsp3) is 0.500. The Bertz CT molecular complexity index is 884. The van der Waals surface area contributed by atoms with E-state index in [0.29, 0.717) is 26.1 Å². The van der Waals surface area contributed by atoms with E-state index < -0.39 is 5.41 Å². The summed E-state index contributed by atoms with van der Waals surface area (Å²) in [5.41, 5.74) is 1.55. The van der Waals surface area contributed by atoms with Gasteiger partial charge in [0.15, 0.2) is 0 Å². The molecular weight excluding hydrogens is 432 g/mol. The first-order valence-electron chi connectivity index (χ1n) is 10.6. The minimum atomic E-state index is -0.726. The van der Waals surface area contributed by atoms with Gasteiger partial charge in [-0.1, -0.05) is 30.3 Å². The van der Waals surface area contributed by atoms with Crippen molar-refractivity contribution in [2.45, 2.75) is 32.7 Å². The highest BCUT2D eigenvalue weighted by atomic mass is 35.5. The summed E-state index contributed by atoms with van der Waals surface area (Å²) in [4.78, 5) is 31.6. The molecule has 0 spiro atoms. The molecule has 7 heteroatoms. The number of hydrogen-bond donors (Lipinski definition) is 0. The van der Waals surface area contributed by atoms with E-state index in [1.807, 2.05) is 36.9 Å². The van der Waals surface area contributed by atoms with Crippen LogP contribution in [0, 0.1) is 5.41 Å². The van der Waals surface area contributed by atoms with Gasteiger partial charge in [-0.25, -0.2) is 0 Å². The molecule has 0 N–H and O–H groups in total. The first-order valence-corrected chi connectivity index (χ1v) is 12.1. The lowest BCUT2D eigenvalue weighted by Gasteiger charge is -2.38. The molecule has 0 aliphatic carbocycles. The van der Waals surface area contributed by atoms with Gasteiger partial charge in [0, 0.05) is 37.6 Å². The summed E-state index contributed by atoms with van der Waals surface area (Å²) in [6.45, 7) is 5.33. The van der Waals surface area contributed by atoms with Gasteiger partial charge in [-0.15, -0.1) is 22.9 Å². The molecule has 1 aliphatic heterocycles. The van der Waals surface area contributed by atoms with Gasteiger partial charge in [-0.05, 0) is 49.3 Å². The summed E-state index contributed by atoms with van der Waals surface area (Å²) in [5.74, 6) is 0.0633. The van der Waals surface area contributed by atoms with E-state index in [1.165, 1.54) is 10.4 Å². The second-order valence-electron chi connectivity index (χ2n) is 8.54. The van der Waals surface area contributed by atoms with Crippen LogP contribution in [-0.2, 0) is 20.7 Å². The maximum Gasteiger partial charge on any atom is 0.242 e. The van der Waals surface area contributed by atoms with Gasteiger partial charge in [-0.2, -0.15) is 0 Å². The van der Waals surface area contributed by atoms with Crippen molar-refractivity contribution in [3.05, 3.63) is 57.8 Å². The van der Waals surface area contributed by atoms with Crippen molar-refractivity contribution in [2.24, 2.45) is 5.41 Å². The third-order valence-corrected chi connectivity index (χ3v) is 7.37. The molecule has 2 amide bonds. The Balaban J connectivity index is 1.85. The van der Waals surface area contributed by atoms with Crippen LogP contribution in [0.4, 0.5) is 0 Å². The standard InChI is InChI=1S/C24H31ClN2O3S/c1-24(2,17-25)23(29)26(12-7-14-30-3)16-21(28)27-13-10-20-19(11-15-31-20)22(27)18-8-5-4-6-9-18/h4-6,8-9,11,15,22H,7,10,12-14,16-17H2,1-3H3. The van der Waals surface area contributed by atoms with Crippen LogP contribution < -0.4 is 0 Å². The third kappa shape index (κ3) is 5.48. The van der Waals surface area contributed by atoms with Crippen molar-refractivity contribution < 1.29 is 14.3 Å². The second-order valence-corrected chi connectivity index (χ2v) is 9.81. The number of ether oxygens (including phenoxy) is 1. The maximum absolute atomic E-state index is 13.5. The lowest BCUT2D eigenvalue weighted by Crippen LogP contribution is -2.50. The van der Waals surface area contributed by atoms with E-state index in [1.54, 1.807) is 23.3 Å². The Morgan fingerprint density at radius 1 is 1.26 bits per heavy atom. The van der Waals surface area contributed by atoms with E-state index in [-0.39, 0.29) is 30.3 Å². The predicted molar refractivity (Wildman–Crippen MR) is 126 cm³/mol. The molecule has 2 aromatic rings. The summed E-state index contributed by atoms with van der Waals surface area (Å²) in [6, 6.07) is 12.1. The van der Waals surface area contributed by atoms with E-state index in [2.05, 4.69) is 23.6 Å². The van der Waals surface area contributed by atoms with Gasteiger partial charge in [0.25, 0.3) is 0 Å². The van der Waals surface area contributed by atoms with Gasteiger partial charge in [0.2, 0.25) is 11.8 Å². The quantitative estimate of drug-likeness (QED) is 0.411. The molecule has 0 radical (unpaired) electrons. The first kappa shape index (κ1) is 23.8. The number of nitrogens with zero attached hydrogens (tertiary/aromatic N) is 2. The number of fused-ring (bicyclic) bond motifs is 1. The number of thiophene rings is 1. The molecule has 1 unspecified atom stereocenters. The number of carbonyl (C=O) groups is 2. The zero-order chi connectivity index (χ0) is 22.4. The molecule has 31 heavy (non-hydrogen) atoms. The highest BCUT2D eigenvalue weighted by molar-refractivity contribution is 7.10. The summed E-state index contributed by atoms with van der Waals surface area (Å²) < 4.78 is 5.15. The van der Waals surface area contributed by atoms with Crippen LogP contribution in [-0.4, -0.2) is 60.8 Å². The molecule has 5 nitrogen and oxygen atoms in total. The molecular formula is C24H31ClN2O3S. The summed E-state index contributed by atoms with van der Waals surface area (Å²) in [5, 5.41) is 2.10. The van der Waals surface area contributed by atoms with Crippen molar-refractivity contribution >= 4 is 34.8 Å². The number of carbonyl (C=O) groups excluding carboxylic acids is 2. The zero-order valence-corrected chi connectivity index (χ0v) is 20.0. The Kier molecular flexibility index (Phi) is 8.14. The second kappa shape index (κ2) is 10.6. The van der Waals surface area contributed by atoms with Crippen LogP contribution in [0.1, 0.15) is 42.3 Å². The highest BCUT2D eigenvalue weighted by Gasteiger charge is 2.36.